The molecule has 0 bridgehead atoms. The lowest BCUT2D eigenvalue weighted by molar-refractivity contribution is 0.0520. The molecule has 0 fully saturated rings. The zero-order chi connectivity index (χ0) is 34.4. The second-order valence-electron chi connectivity index (χ2n) is 11.3. The van der Waals surface area contributed by atoms with Gasteiger partial charge in [0.1, 0.15) is 27.9 Å². The van der Waals surface area contributed by atoms with Gasteiger partial charge in [-0.05, 0) is 42.2 Å². The number of nitrogens with zero attached hydrogens (tertiary/aromatic N) is 3. The number of carbonyl (C=O) groups is 2. The Balaban J connectivity index is 1.41. The van der Waals surface area contributed by atoms with E-state index in [1.165, 1.54) is 25.6 Å². The van der Waals surface area contributed by atoms with E-state index in [4.69, 9.17) is 18.9 Å². The molecule has 2 amide bonds. The summed E-state index contributed by atoms with van der Waals surface area (Å²) in [4.78, 5) is 49.3. The molecule has 2 N–H and O–H groups in total. The number of hydrogen-bond donors (Lipinski definition) is 2. The van der Waals surface area contributed by atoms with Crippen LogP contribution in [0.15, 0.2) is 71.2 Å². The summed E-state index contributed by atoms with van der Waals surface area (Å²) in [5.74, 6) is 0.970. The van der Waals surface area contributed by atoms with Gasteiger partial charge in [0.15, 0.2) is 17.2 Å². The number of aromatic nitrogens is 2. The number of esters is 1. The Bertz CT molecular complexity index is 2050. The number of ether oxygens (including phenoxy) is 4. The first-order chi connectivity index (χ1) is 23.1. The number of isocyanates is 1. The van der Waals surface area contributed by atoms with Crippen molar-refractivity contribution < 1.29 is 33.3 Å². The third-order valence-corrected chi connectivity index (χ3v) is 8.00. The summed E-state index contributed by atoms with van der Waals surface area (Å²) in [5.41, 5.74) is 2.09. The largest absolute Gasteiger partial charge is 0.491 e. The van der Waals surface area contributed by atoms with Crippen molar-refractivity contribution in [1.82, 2.24) is 9.97 Å². The molecule has 5 aromatic rings. The molecule has 48 heavy (non-hydrogen) atoms. The van der Waals surface area contributed by atoms with Gasteiger partial charge in [0.05, 0.1) is 32.2 Å². The maximum absolute atomic E-state index is 13.4. The first-order valence-electron chi connectivity index (χ1n) is 14.8. The Labute approximate surface area is 280 Å². The number of benzene rings is 3. The van der Waals surface area contributed by atoms with E-state index in [0.717, 1.165) is 10.8 Å². The molecule has 2 aromatic heterocycles. The van der Waals surface area contributed by atoms with E-state index in [1.54, 1.807) is 54.9 Å². The van der Waals surface area contributed by atoms with Crippen molar-refractivity contribution in [2.75, 3.05) is 31.5 Å². The van der Waals surface area contributed by atoms with Crippen molar-refractivity contribution >= 4 is 57.3 Å². The Morgan fingerprint density at radius 1 is 0.958 bits per heavy atom. The number of urea groups is 1. The number of aliphatic imine (C=N–C) groups is 1. The Morgan fingerprint density at radius 2 is 1.69 bits per heavy atom. The zero-order valence-corrected chi connectivity index (χ0v) is 28.0. The van der Waals surface area contributed by atoms with Crippen molar-refractivity contribution in [1.29, 1.82) is 0 Å². The van der Waals surface area contributed by atoms with E-state index in [2.05, 4.69) is 25.6 Å². The highest BCUT2D eigenvalue weighted by Crippen LogP contribution is 2.49. The van der Waals surface area contributed by atoms with Gasteiger partial charge >= 0.3 is 12.0 Å². The quantitative estimate of drug-likeness (QED) is 0.0852. The molecule has 12 nitrogen and oxygen atoms in total. The molecule has 0 atom stereocenters. The molecule has 0 radical (unpaired) electrons. The van der Waals surface area contributed by atoms with Gasteiger partial charge < -0.3 is 29.6 Å². The predicted molar refractivity (Wildman–Crippen MR) is 184 cm³/mol. The van der Waals surface area contributed by atoms with Crippen LogP contribution in [0, 0.1) is 0 Å². The summed E-state index contributed by atoms with van der Waals surface area (Å²) in [6, 6.07) is 15.6. The van der Waals surface area contributed by atoms with Crippen LogP contribution < -0.4 is 24.8 Å². The second-order valence-corrected chi connectivity index (χ2v) is 12.2. The maximum Gasteiger partial charge on any atom is 0.357 e. The van der Waals surface area contributed by atoms with Gasteiger partial charge in [0, 0.05) is 28.4 Å². The lowest BCUT2D eigenvalue weighted by Crippen LogP contribution is -2.21. The van der Waals surface area contributed by atoms with Crippen LogP contribution >= 0.6 is 11.3 Å². The van der Waals surface area contributed by atoms with E-state index >= 15 is 0 Å². The molecule has 13 heteroatoms. The summed E-state index contributed by atoms with van der Waals surface area (Å²) in [6.07, 6.45) is 3.18. The Hall–Kier alpha value is -5.78. The molecular formula is C35H33N5O7S. The number of amides is 2. The molecule has 0 saturated heterocycles. The third kappa shape index (κ3) is 7.12. The van der Waals surface area contributed by atoms with Gasteiger partial charge in [-0.2, -0.15) is 4.99 Å². The van der Waals surface area contributed by atoms with Gasteiger partial charge in [-0.15, -0.1) is 11.3 Å². The number of pyridine rings is 1. The minimum absolute atomic E-state index is 0.198. The first-order valence-corrected chi connectivity index (χ1v) is 15.7. The van der Waals surface area contributed by atoms with Crippen molar-refractivity contribution in [3.05, 3.63) is 77.4 Å². The molecule has 0 aliphatic carbocycles. The summed E-state index contributed by atoms with van der Waals surface area (Å²) >= 11 is 1.28. The SMILES string of the molecule is CCOC(=O)c1csc(-c2cc(Oc3ccc(NC(=O)Nc4cc(C(C)(C)C)c(N=C=O)c(OC)c4OC)c4ccccc34)ccn2)n1. The minimum atomic E-state index is -0.537. The number of fused-ring (bicyclic) bond motifs is 1. The lowest BCUT2D eigenvalue weighted by Gasteiger charge is -2.25. The molecule has 0 saturated carbocycles. The number of hydrogen-bond acceptors (Lipinski definition) is 11. The van der Waals surface area contributed by atoms with Crippen LogP contribution in [0.4, 0.5) is 21.9 Å². The second kappa shape index (κ2) is 14.3. The predicted octanol–water partition coefficient (Wildman–Crippen LogP) is 8.25. The number of carbonyl (C=O) groups excluding carboxylic acids is 3. The highest BCUT2D eigenvalue weighted by atomic mass is 32.1. The molecular weight excluding hydrogens is 634 g/mol. The first kappa shape index (κ1) is 33.6. The van der Waals surface area contributed by atoms with Crippen LogP contribution in [-0.4, -0.2) is 48.9 Å². The summed E-state index contributed by atoms with van der Waals surface area (Å²) in [7, 11) is 2.86. The van der Waals surface area contributed by atoms with Crippen molar-refractivity contribution in [2.24, 2.45) is 4.99 Å². The van der Waals surface area contributed by atoms with Crippen LogP contribution in [0.1, 0.15) is 43.7 Å². The standard InChI is InChI=1S/C35H33N5O7S/c1-7-46-33(42)27-18-48-32(38-27)26-16-20(14-15-36-26)47-28-13-12-24(21-10-8-9-11-22(21)28)39-34(43)40-25-17-23(35(2,3)4)29(37-19-41)31(45-6)30(25)44-5/h8-18H,7H2,1-6H3,(H2,39,40,43). The third-order valence-electron chi connectivity index (χ3n) is 7.13. The van der Waals surface area contributed by atoms with E-state index in [-0.39, 0.29) is 29.5 Å². The highest BCUT2D eigenvalue weighted by molar-refractivity contribution is 7.13. The van der Waals surface area contributed by atoms with Gasteiger partial charge in [-0.3, -0.25) is 4.98 Å². The van der Waals surface area contributed by atoms with Gasteiger partial charge in [-0.25, -0.2) is 19.4 Å². The van der Waals surface area contributed by atoms with E-state index in [0.29, 0.717) is 39.1 Å². The van der Waals surface area contributed by atoms with Crippen LogP contribution in [0.2, 0.25) is 0 Å². The average molecular weight is 668 g/mol. The van der Waals surface area contributed by atoms with E-state index in [1.807, 2.05) is 45.0 Å². The van der Waals surface area contributed by atoms with Crippen LogP contribution in [0.3, 0.4) is 0 Å². The molecule has 3 aromatic carbocycles. The van der Waals surface area contributed by atoms with Crippen molar-refractivity contribution in [2.45, 2.75) is 33.1 Å². The summed E-state index contributed by atoms with van der Waals surface area (Å²) in [6.45, 7) is 7.85. The molecule has 5 rings (SSSR count). The van der Waals surface area contributed by atoms with E-state index < -0.39 is 17.4 Å². The molecule has 246 valence electrons. The topological polar surface area (TPSA) is 150 Å². The monoisotopic (exact) mass is 667 g/mol. The Kier molecular flexibility index (Phi) is 10.0. The van der Waals surface area contributed by atoms with Crippen LogP contribution in [0.5, 0.6) is 23.0 Å². The molecule has 0 spiro atoms. The van der Waals surface area contributed by atoms with Gasteiger partial charge in [-0.1, -0.05) is 45.0 Å². The molecule has 0 aliphatic heterocycles. The van der Waals surface area contributed by atoms with E-state index in [9.17, 15) is 14.4 Å². The lowest BCUT2D eigenvalue weighted by atomic mass is 9.85. The van der Waals surface area contributed by atoms with Crippen LogP contribution in [-0.2, 0) is 14.9 Å². The molecule has 0 aliphatic rings. The fourth-order valence-electron chi connectivity index (χ4n) is 5.00. The number of rotatable bonds is 10. The highest BCUT2D eigenvalue weighted by Gasteiger charge is 2.27. The summed E-state index contributed by atoms with van der Waals surface area (Å²) in [5, 5.41) is 9.43. The number of methoxy groups -OCH3 is 2. The smallest absolute Gasteiger partial charge is 0.357 e. The number of anilines is 2. The molecule has 2 heterocycles. The number of nitrogens with one attached hydrogen (secondary N) is 2. The summed E-state index contributed by atoms with van der Waals surface area (Å²) < 4.78 is 22.5. The van der Waals surface area contributed by atoms with Gasteiger partial charge in [0.2, 0.25) is 6.08 Å². The fourth-order valence-corrected chi connectivity index (χ4v) is 5.75. The minimum Gasteiger partial charge on any atom is -0.491 e. The van der Waals surface area contributed by atoms with Crippen molar-refractivity contribution in [3.8, 4) is 33.7 Å². The Morgan fingerprint density at radius 3 is 2.38 bits per heavy atom. The average Bonchev–Trinajstić information content (AvgIpc) is 3.57. The van der Waals surface area contributed by atoms with Gasteiger partial charge in [0.25, 0.3) is 0 Å². The zero-order valence-electron chi connectivity index (χ0n) is 27.2. The fraction of sp³-hybridized carbons (Fsp3) is 0.229. The number of thiazole rings is 1. The maximum atomic E-state index is 13.4. The molecule has 0 unspecified atom stereocenters. The van der Waals surface area contributed by atoms with Crippen LogP contribution in [0.25, 0.3) is 21.5 Å². The van der Waals surface area contributed by atoms with Crippen molar-refractivity contribution in [3.63, 3.8) is 0 Å². The normalized spacial score (nSPS) is 11.0.